The van der Waals surface area contributed by atoms with E-state index in [-0.39, 0.29) is 11.1 Å². The van der Waals surface area contributed by atoms with Crippen molar-refractivity contribution in [1.29, 1.82) is 0 Å². The molecule has 154 valence electrons. The second-order valence-corrected chi connectivity index (χ2v) is 6.79. The van der Waals surface area contributed by atoms with Gasteiger partial charge in [0, 0.05) is 0 Å². The van der Waals surface area contributed by atoms with E-state index in [1.54, 1.807) is 83.7 Å². The van der Waals surface area contributed by atoms with Gasteiger partial charge in [0.2, 0.25) is 6.29 Å². The molecule has 29 heavy (non-hydrogen) atoms. The van der Waals surface area contributed by atoms with E-state index < -0.39 is 49.3 Å². The van der Waals surface area contributed by atoms with Crippen LogP contribution in [-0.4, -0.2) is 59.5 Å². The predicted octanol–water partition coefficient (Wildman–Crippen LogP) is 1.88. The molecule has 8 nitrogen and oxygen atoms in total. The summed E-state index contributed by atoms with van der Waals surface area (Å²) in [5.74, 6) is -1.41. The number of ether oxygens (including phenoxy) is 3. The number of esters is 2. The van der Waals surface area contributed by atoms with Gasteiger partial charge in [0.1, 0.15) is 41.3 Å². The fraction of sp³-hybridized carbons (Fsp3) is 0.300. The summed E-state index contributed by atoms with van der Waals surface area (Å²) >= 11 is 1.55. The lowest BCUT2D eigenvalue weighted by Crippen LogP contribution is -2.61. The van der Waals surface area contributed by atoms with Gasteiger partial charge in [-0.2, -0.15) is 0 Å². The molecule has 0 amide bonds. The number of aliphatic hydroxyl groups excluding tert-OH is 2. The van der Waals surface area contributed by atoms with Crippen LogP contribution in [0.3, 0.4) is 0 Å². The van der Waals surface area contributed by atoms with Gasteiger partial charge in [0.25, 0.3) is 0 Å². The van der Waals surface area contributed by atoms with Crippen LogP contribution in [0.2, 0.25) is 0 Å². The minimum Gasteiger partial charge on any atom is -0.449 e. The monoisotopic (exact) mass is 514 g/mol. The summed E-state index contributed by atoms with van der Waals surface area (Å²) < 4.78 is 21.7. The Balaban J connectivity index is 1.84. The molecule has 5 atom stereocenters. The lowest BCUT2D eigenvalue weighted by molar-refractivity contribution is -0.275. The minimum atomic E-state index is -1.39. The molecular weight excluding hydrogens is 495 g/mol. The fourth-order valence-corrected chi connectivity index (χ4v) is 3.47. The Morgan fingerprint density at radius 1 is 0.897 bits per heavy atom. The Hall–Kier alpha value is -2.05. The number of aliphatic hydroxyl groups is 2. The van der Waals surface area contributed by atoms with Crippen LogP contribution < -0.4 is 0 Å². The van der Waals surface area contributed by atoms with Crippen LogP contribution in [0.1, 0.15) is 20.7 Å². The highest BCUT2D eigenvalue weighted by Crippen LogP contribution is 2.29. The molecule has 2 N–H and O–H groups in total. The average molecular weight is 514 g/mol. The molecule has 0 spiro atoms. The molecule has 0 saturated carbocycles. The minimum absolute atomic E-state index is 0.267. The molecule has 0 aliphatic carbocycles. The van der Waals surface area contributed by atoms with Gasteiger partial charge in [-0.05, 0) is 24.3 Å². The second-order valence-electron chi connectivity index (χ2n) is 6.28. The van der Waals surface area contributed by atoms with E-state index in [1.165, 1.54) is 0 Å². The van der Waals surface area contributed by atoms with E-state index in [0.717, 1.165) is 0 Å². The maximum absolute atomic E-state index is 12.5. The highest BCUT2D eigenvalue weighted by atomic mass is 127. The molecule has 1 aliphatic rings. The Morgan fingerprint density at radius 3 is 1.90 bits per heavy atom. The highest BCUT2D eigenvalue weighted by Gasteiger charge is 2.50. The maximum atomic E-state index is 12.5. The molecule has 0 bridgehead atoms. The van der Waals surface area contributed by atoms with Crippen molar-refractivity contribution >= 4 is 34.9 Å². The van der Waals surface area contributed by atoms with Crippen LogP contribution >= 0.6 is 23.0 Å². The number of rotatable bonds is 6. The zero-order valence-electron chi connectivity index (χ0n) is 15.1. The van der Waals surface area contributed by atoms with Crippen molar-refractivity contribution in [1.82, 2.24) is 0 Å². The number of hydrogen-bond acceptors (Lipinski definition) is 8. The van der Waals surface area contributed by atoms with Crippen molar-refractivity contribution < 1.29 is 37.1 Å². The summed E-state index contributed by atoms with van der Waals surface area (Å²) in [5, 5.41) is 19.9. The molecule has 1 saturated heterocycles. The summed E-state index contributed by atoms with van der Waals surface area (Å²) in [7, 11) is 0. The Kier molecular flexibility index (Phi) is 7.56. The molecule has 9 heteroatoms. The lowest BCUT2D eigenvalue weighted by atomic mass is 9.99. The standard InChI is InChI=1S/C20H19IO8/c21-29-16-15(23)14(11-22)26-20(28-19(25)13-9-5-2-6-10-13)17(16)27-18(24)12-7-3-1-4-8-12/h1-10,14-17,20,22-23H,11H2/t14?,15-,16?,17+,20+/m1/s1. The molecule has 1 heterocycles. The van der Waals surface area contributed by atoms with Crippen LogP contribution in [0.5, 0.6) is 0 Å². The molecule has 0 aromatic heterocycles. The first kappa shape index (κ1) is 21.7. The van der Waals surface area contributed by atoms with Gasteiger partial charge in [0.15, 0.2) is 6.10 Å². The largest absolute Gasteiger partial charge is 0.449 e. The zero-order chi connectivity index (χ0) is 20.8. The first-order valence-corrected chi connectivity index (χ1v) is 9.67. The van der Waals surface area contributed by atoms with Crippen molar-refractivity contribution in [3.63, 3.8) is 0 Å². The van der Waals surface area contributed by atoms with Gasteiger partial charge < -0.3 is 27.5 Å². The number of carbonyl (C=O) groups is 2. The molecule has 2 aromatic carbocycles. The first-order valence-electron chi connectivity index (χ1n) is 8.79. The highest BCUT2D eigenvalue weighted by molar-refractivity contribution is 14.1. The predicted molar refractivity (Wildman–Crippen MR) is 108 cm³/mol. The van der Waals surface area contributed by atoms with Crippen LogP contribution in [-0.2, 0) is 17.3 Å². The van der Waals surface area contributed by atoms with Gasteiger partial charge in [-0.1, -0.05) is 36.4 Å². The van der Waals surface area contributed by atoms with Crippen LogP contribution in [0.25, 0.3) is 0 Å². The van der Waals surface area contributed by atoms with Gasteiger partial charge in [-0.15, -0.1) is 0 Å². The van der Waals surface area contributed by atoms with Gasteiger partial charge in [-0.3, -0.25) is 0 Å². The van der Waals surface area contributed by atoms with Crippen LogP contribution in [0.4, 0.5) is 0 Å². The Morgan fingerprint density at radius 2 is 1.41 bits per heavy atom. The van der Waals surface area contributed by atoms with E-state index in [9.17, 15) is 19.8 Å². The van der Waals surface area contributed by atoms with Gasteiger partial charge >= 0.3 is 11.9 Å². The molecule has 3 rings (SSSR count). The van der Waals surface area contributed by atoms with Crippen molar-refractivity contribution in [2.75, 3.05) is 6.61 Å². The van der Waals surface area contributed by atoms with Crippen molar-refractivity contribution in [3.05, 3.63) is 71.8 Å². The lowest BCUT2D eigenvalue weighted by Gasteiger charge is -2.41. The Bertz CT molecular complexity index is 816. The summed E-state index contributed by atoms with van der Waals surface area (Å²) in [6.45, 7) is -0.545. The molecule has 0 radical (unpaired) electrons. The summed E-state index contributed by atoms with van der Waals surface area (Å²) in [6, 6.07) is 16.4. The topological polar surface area (TPSA) is 112 Å². The fourth-order valence-electron chi connectivity index (χ4n) is 2.88. The van der Waals surface area contributed by atoms with Gasteiger partial charge in [0.05, 0.1) is 17.7 Å². The molecule has 2 unspecified atom stereocenters. The quantitative estimate of drug-likeness (QED) is 0.444. The third kappa shape index (κ3) is 5.11. The smallest absolute Gasteiger partial charge is 0.340 e. The normalized spacial score (nSPS) is 26.5. The van der Waals surface area contributed by atoms with Crippen molar-refractivity contribution in [3.8, 4) is 0 Å². The number of carbonyl (C=O) groups excluding carboxylic acids is 2. The van der Waals surface area contributed by atoms with E-state index >= 15 is 0 Å². The van der Waals surface area contributed by atoms with Crippen molar-refractivity contribution in [2.24, 2.45) is 0 Å². The van der Waals surface area contributed by atoms with Crippen LogP contribution in [0, 0.1) is 0 Å². The van der Waals surface area contributed by atoms with E-state index in [4.69, 9.17) is 17.3 Å². The van der Waals surface area contributed by atoms with Crippen molar-refractivity contribution in [2.45, 2.75) is 30.7 Å². The van der Waals surface area contributed by atoms with Gasteiger partial charge in [-0.25, -0.2) is 9.59 Å². The zero-order valence-corrected chi connectivity index (χ0v) is 17.2. The van der Waals surface area contributed by atoms with E-state index in [2.05, 4.69) is 0 Å². The summed E-state index contributed by atoms with van der Waals surface area (Å²) in [4.78, 5) is 25.0. The summed E-state index contributed by atoms with van der Waals surface area (Å²) in [6.07, 6.45) is -6.14. The number of halogens is 1. The summed E-state index contributed by atoms with van der Waals surface area (Å²) in [5.41, 5.74) is 0.537. The third-order valence-corrected chi connectivity index (χ3v) is 4.97. The maximum Gasteiger partial charge on any atom is 0.340 e. The van der Waals surface area contributed by atoms with Crippen LogP contribution in [0.15, 0.2) is 60.7 Å². The molecular formula is C20H19IO8. The number of benzene rings is 2. The average Bonchev–Trinajstić information content (AvgIpc) is 2.76. The SMILES string of the molecule is O=C(O[C@@H]1OC(CO)[C@@H](O)C(OI)[C@@H]1OC(=O)c1ccccc1)c1ccccc1. The molecule has 1 fully saturated rings. The molecule has 2 aromatic rings. The van der Waals surface area contributed by atoms with E-state index in [0.29, 0.717) is 0 Å². The molecule has 1 aliphatic heterocycles. The van der Waals surface area contributed by atoms with E-state index in [1.807, 2.05) is 0 Å². The second kappa shape index (κ2) is 10.1. The Labute approximate surface area is 181 Å². The third-order valence-electron chi connectivity index (χ3n) is 4.39. The first-order chi connectivity index (χ1) is 14.0. The number of hydrogen-bond donors (Lipinski definition) is 2.